The molecule has 11 heteroatoms. The fourth-order valence-electron chi connectivity index (χ4n) is 4.12. The summed E-state index contributed by atoms with van der Waals surface area (Å²) in [4.78, 5) is 21.6. The van der Waals surface area contributed by atoms with Crippen LogP contribution in [0, 0.1) is 0 Å². The molecule has 0 spiro atoms. The Kier molecular flexibility index (Phi) is 6.49. The van der Waals surface area contributed by atoms with Crippen molar-refractivity contribution in [3.05, 3.63) is 68.7 Å². The molecule has 5 rings (SSSR count). The van der Waals surface area contributed by atoms with Crippen LogP contribution < -0.4 is 0 Å². The van der Waals surface area contributed by atoms with E-state index in [1.54, 1.807) is 23.0 Å². The second kappa shape index (κ2) is 9.44. The zero-order valence-corrected chi connectivity index (χ0v) is 21.1. The quantitative estimate of drug-likeness (QED) is 0.416. The molecule has 2 aliphatic rings. The van der Waals surface area contributed by atoms with E-state index in [4.69, 9.17) is 0 Å². The number of nitrogens with zero attached hydrogens (tertiary/aromatic N) is 5. The van der Waals surface area contributed by atoms with E-state index in [9.17, 15) is 18.0 Å². The summed E-state index contributed by atoms with van der Waals surface area (Å²) < 4.78 is 42.5. The van der Waals surface area contributed by atoms with Crippen LogP contribution in [0.4, 0.5) is 13.2 Å². The van der Waals surface area contributed by atoms with E-state index < -0.39 is 11.7 Å². The van der Waals surface area contributed by atoms with Gasteiger partial charge in [0.15, 0.2) is 5.17 Å². The number of alkyl halides is 3. The van der Waals surface area contributed by atoms with Gasteiger partial charge in [-0.1, -0.05) is 28.1 Å². The number of hydrogen-bond acceptors (Lipinski definition) is 5. The van der Waals surface area contributed by atoms with Crippen LogP contribution in [0.25, 0.3) is 17.0 Å². The number of fused-ring (bicyclic) bond motifs is 1. The van der Waals surface area contributed by atoms with E-state index in [-0.39, 0.29) is 18.0 Å². The summed E-state index contributed by atoms with van der Waals surface area (Å²) in [5, 5.41) is 5.83. The Morgan fingerprint density at radius 2 is 1.89 bits per heavy atom. The summed E-state index contributed by atoms with van der Waals surface area (Å²) in [6, 6.07) is 9.66. The Labute approximate surface area is 212 Å². The van der Waals surface area contributed by atoms with Crippen molar-refractivity contribution in [1.29, 1.82) is 0 Å². The summed E-state index contributed by atoms with van der Waals surface area (Å²) in [5.41, 5.74) is 0.966. The molecule has 0 unspecified atom stereocenters. The fourth-order valence-corrected chi connectivity index (χ4v) is 5.44. The number of halogens is 4. The SMILES string of the molecule is CN1CCN(C2=NC(=O)C(=Cc3ccc4c(cnn4Cc4ccc(Br)cc4C(F)(F)F)c3)S2)CC1. The molecule has 182 valence electrons. The van der Waals surface area contributed by atoms with E-state index in [0.717, 1.165) is 48.4 Å². The lowest BCUT2D eigenvalue weighted by atomic mass is 10.1. The van der Waals surface area contributed by atoms with E-state index >= 15 is 0 Å². The number of amides is 1. The molecule has 0 saturated carbocycles. The lowest BCUT2D eigenvalue weighted by Gasteiger charge is -2.32. The van der Waals surface area contributed by atoms with Gasteiger partial charge in [-0.25, -0.2) is 0 Å². The van der Waals surface area contributed by atoms with Gasteiger partial charge in [0.1, 0.15) is 0 Å². The molecule has 0 radical (unpaired) electrons. The summed E-state index contributed by atoms with van der Waals surface area (Å²) in [6.45, 7) is 3.52. The van der Waals surface area contributed by atoms with Crippen LogP contribution in [0.1, 0.15) is 16.7 Å². The summed E-state index contributed by atoms with van der Waals surface area (Å²) in [7, 11) is 2.07. The van der Waals surface area contributed by atoms with Crippen LogP contribution in [0.3, 0.4) is 0 Å². The first-order valence-electron chi connectivity index (χ1n) is 10.9. The van der Waals surface area contributed by atoms with Gasteiger partial charge < -0.3 is 9.80 Å². The number of benzene rings is 2. The van der Waals surface area contributed by atoms with E-state index in [0.29, 0.717) is 14.9 Å². The van der Waals surface area contributed by atoms with Crippen molar-refractivity contribution in [3.8, 4) is 0 Å². The number of amidine groups is 1. The molecular weight excluding hydrogens is 543 g/mol. The second-order valence-corrected chi connectivity index (χ2v) is 10.4. The largest absolute Gasteiger partial charge is 0.416 e. The third-order valence-corrected chi connectivity index (χ3v) is 7.58. The Morgan fingerprint density at radius 1 is 1.11 bits per heavy atom. The molecule has 3 aromatic rings. The van der Waals surface area contributed by atoms with Crippen molar-refractivity contribution < 1.29 is 18.0 Å². The minimum Gasteiger partial charge on any atom is -0.348 e. The average Bonchev–Trinajstić information content (AvgIpc) is 3.38. The van der Waals surface area contributed by atoms with Gasteiger partial charge in [-0.15, -0.1) is 0 Å². The first-order chi connectivity index (χ1) is 16.7. The van der Waals surface area contributed by atoms with Gasteiger partial charge in [0.2, 0.25) is 0 Å². The topological polar surface area (TPSA) is 53.7 Å². The molecule has 3 heterocycles. The second-order valence-electron chi connectivity index (χ2n) is 8.52. The Balaban J connectivity index is 1.36. The minimum absolute atomic E-state index is 0.0113. The van der Waals surface area contributed by atoms with Crippen LogP contribution >= 0.6 is 27.7 Å². The number of aromatic nitrogens is 2. The smallest absolute Gasteiger partial charge is 0.348 e. The molecule has 2 aromatic carbocycles. The molecule has 0 N–H and O–H groups in total. The van der Waals surface area contributed by atoms with Gasteiger partial charge in [0.25, 0.3) is 5.91 Å². The van der Waals surface area contributed by atoms with Gasteiger partial charge in [-0.2, -0.15) is 23.3 Å². The maximum atomic E-state index is 13.5. The number of rotatable bonds is 3. The van der Waals surface area contributed by atoms with Crippen LogP contribution in [-0.2, 0) is 17.5 Å². The van der Waals surface area contributed by atoms with Crippen molar-refractivity contribution in [3.63, 3.8) is 0 Å². The van der Waals surface area contributed by atoms with Gasteiger partial charge >= 0.3 is 6.18 Å². The lowest BCUT2D eigenvalue weighted by molar-refractivity contribution is -0.138. The minimum atomic E-state index is -4.46. The predicted octanol–water partition coefficient (Wildman–Crippen LogP) is 5.08. The number of likely N-dealkylation sites (N-methyl/N-ethyl adjacent to an activating group) is 1. The van der Waals surface area contributed by atoms with E-state index in [1.807, 2.05) is 18.2 Å². The van der Waals surface area contributed by atoms with Crippen molar-refractivity contribution in [2.45, 2.75) is 12.7 Å². The van der Waals surface area contributed by atoms with Gasteiger partial charge in [0.05, 0.1) is 28.7 Å². The zero-order chi connectivity index (χ0) is 24.7. The highest BCUT2D eigenvalue weighted by molar-refractivity contribution is 9.10. The van der Waals surface area contributed by atoms with Crippen molar-refractivity contribution in [1.82, 2.24) is 19.6 Å². The van der Waals surface area contributed by atoms with E-state index in [1.165, 1.54) is 17.8 Å². The monoisotopic (exact) mass is 563 g/mol. The Hall–Kier alpha value is -2.63. The number of aliphatic imine (C=N–C) groups is 1. The molecule has 0 aliphatic carbocycles. The average molecular weight is 564 g/mol. The number of hydrogen-bond donors (Lipinski definition) is 0. The van der Waals surface area contributed by atoms with Crippen molar-refractivity contribution in [2.24, 2.45) is 4.99 Å². The standard InChI is InChI=1S/C24H21BrF3N5OS/c1-31-6-8-32(9-7-31)23-30-22(34)21(35-23)11-15-2-5-20-17(10-15)13-29-33(20)14-16-3-4-18(25)12-19(16)24(26,27)28/h2-5,10-13H,6-9,14H2,1H3. The van der Waals surface area contributed by atoms with Crippen LogP contribution in [0.5, 0.6) is 0 Å². The Bertz CT molecular complexity index is 1360. The number of carbonyl (C=O) groups is 1. The molecule has 0 atom stereocenters. The predicted molar refractivity (Wildman–Crippen MR) is 135 cm³/mol. The van der Waals surface area contributed by atoms with E-state index in [2.05, 4.69) is 42.9 Å². The fraction of sp³-hybridized carbons (Fsp3) is 0.292. The molecule has 35 heavy (non-hydrogen) atoms. The van der Waals surface area contributed by atoms with Gasteiger partial charge in [-0.05, 0) is 60.3 Å². The van der Waals surface area contributed by atoms with Crippen molar-refractivity contribution in [2.75, 3.05) is 33.2 Å². The number of thioether (sulfide) groups is 1. The maximum Gasteiger partial charge on any atom is 0.416 e. The van der Waals surface area contributed by atoms with Crippen LogP contribution in [0.2, 0.25) is 0 Å². The maximum absolute atomic E-state index is 13.5. The molecule has 1 amide bonds. The summed E-state index contributed by atoms with van der Waals surface area (Å²) >= 11 is 4.49. The Morgan fingerprint density at radius 3 is 2.63 bits per heavy atom. The molecule has 2 aliphatic heterocycles. The highest BCUT2D eigenvalue weighted by Crippen LogP contribution is 2.35. The molecule has 1 aromatic heterocycles. The number of carbonyl (C=O) groups excluding carboxylic acids is 1. The third-order valence-electron chi connectivity index (χ3n) is 6.04. The highest BCUT2D eigenvalue weighted by Gasteiger charge is 2.33. The first-order valence-corrected chi connectivity index (χ1v) is 12.6. The van der Waals surface area contributed by atoms with Gasteiger partial charge in [0, 0.05) is 36.0 Å². The van der Waals surface area contributed by atoms with Crippen LogP contribution in [0.15, 0.2) is 57.0 Å². The van der Waals surface area contributed by atoms with Crippen molar-refractivity contribution >= 4 is 55.7 Å². The molecular formula is C24H21BrF3N5OS. The molecule has 1 saturated heterocycles. The number of piperazine rings is 1. The molecule has 1 fully saturated rings. The molecule has 6 nitrogen and oxygen atoms in total. The first kappa shape index (κ1) is 24.1. The normalized spacial score (nSPS) is 18.7. The third kappa shape index (κ3) is 5.17. The van der Waals surface area contributed by atoms with Gasteiger partial charge in [-0.3, -0.25) is 9.48 Å². The zero-order valence-electron chi connectivity index (χ0n) is 18.7. The highest BCUT2D eigenvalue weighted by atomic mass is 79.9. The van der Waals surface area contributed by atoms with Crippen LogP contribution in [-0.4, -0.2) is 63.9 Å². The summed E-state index contributed by atoms with van der Waals surface area (Å²) in [5.74, 6) is -0.255. The lowest BCUT2D eigenvalue weighted by Crippen LogP contribution is -2.46. The molecule has 0 bridgehead atoms. The summed E-state index contributed by atoms with van der Waals surface area (Å²) in [6.07, 6.45) is -1.04.